The number of halogens is 1. The number of aliphatic carboxylic acids is 1. The molecule has 0 saturated carbocycles. The average molecular weight is 308 g/mol. The number of hydrogen-bond acceptors (Lipinski definition) is 3. The van der Waals surface area contributed by atoms with Crippen molar-refractivity contribution in [1.82, 2.24) is 0 Å². The van der Waals surface area contributed by atoms with Crippen LogP contribution in [0.2, 0.25) is 5.02 Å². The molecule has 0 radical (unpaired) electrons. The van der Waals surface area contributed by atoms with Gasteiger partial charge in [0.05, 0.1) is 23.1 Å². The molecule has 0 saturated heterocycles. The molecule has 0 unspecified atom stereocenters. The van der Waals surface area contributed by atoms with E-state index < -0.39 is 5.97 Å². The van der Waals surface area contributed by atoms with E-state index in [1.165, 1.54) is 6.08 Å². The van der Waals surface area contributed by atoms with Crippen molar-refractivity contribution < 1.29 is 14.6 Å². The van der Waals surface area contributed by atoms with Gasteiger partial charge in [-0.1, -0.05) is 23.7 Å². The van der Waals surface area contributed by atoms with E-state index in [1.807, 2.05) is 13.8 Å². The second-order valence-electron chi connectivity index (χ2n) is 5.28. The van der Waals surface area contributed by atoms with Gasteiger partial charge in [0.25, 0.3) is 0 Å². The number of hydrogen-bond donors (Lipinski definition) is 1. The van der Waals surface area contributed by atoms with Crippen LogP contribution in [0.15, 0.2) is 24.3 Å². The van der Waals surface area contributed by atoms with Gasteiger partial charge >= 0.3 is 5.97 Å². The summed E-state index contributed by atoms with van der Waals surface area (Å²) in [5.74, 6) is -0.567. The van der Waals surface area contributed by atoms with Crippen molar-refractivity contribution in [3.63, 3.8) is 0 Å². The number of nitrogens with zero attached hydrogens (tertiary/aromatic N) is 1. The second-order valence-corrected chi connectivity index (χ2v) is 5.68. The van der Waals surface area contributed by atoms with Crippen molar-refractivity contribution in [3.05, 3.63) is 34.9 Å². The highest BCUT2D eigenvalue weighted by atomic mass is 35.5. The topological polar surface area (TPSA) is 70.3 Å². The van der Waals surface area contributed by atoms with Crippen LogP contribution in [0.25, 0.3) is 6.08 Å². The quantitative estimate of drug-likeness (QED) is 0.607. The maximum Gasteiger partial charge on any atom is 0.328 e. The number of carbonyl (C=O) groups is 1. The lowest BCUT2D eigenvalue weighted by Gasteiger charge is -2.16. The minimum Gasteiger partial charge on any atom is -0.491 e. The molecule has 0 spiro atoms. The van der Waals surface area contributed by atoms with Gasteiger partial charge in [0.1, 0.15) is 5.75 Å². The summed E-state index contributed by atoms with van der Waals surface area (Å²) in [6.07, 6.45) is 3.92. The zero-order valence-electron chi connectivity index (χ0n) is 12.1. The lowest BCUT2D eigenvalue weighted by Crippen LogP contribution is -2.10. The summed E-state index contributed by atoms with van der Waals surface area (Å²) in [7, 11) is 0. The fourth-order valence-electron chi connectivity index (χ4n) is 1.71. The smallest absolute Gasteiger partial charge is 0.328 e. The van der Waals surface area contributed by atoms with Crippen LogP contribution in [0.1, 0.15) is 32.3 Å². The van der Waals surface area contributed by atoms with E-state index in [1.54, 1.807) is 18.2 Å². The molecular weight excluding hydrogens is 290 g/mol. The van der Waals surface area contributed by atoms with Gasteiger partial charge in [-0.2, -0.15) is 5.26 Å². The molecule has 1 aromatic carbocycles. The van der Waals surface area contributed by atoms with Crippen molar-refractivity contribution in [2.24, 2.45) is 5.41 Å². The normalized spacial score (nSPS) is 11.3. The first-order chi connectivity index (χ1) is 9.85. The summed E-state index contributed by atoms with van der Waals surface area (Å²) in [5.41, 5.74) is 0.236. The SMILES string of the molecule is CC(C)(C#N)CCCOc1c(Cl)cccc1/C=C/C(=O)O. The summed E-state index contributed by atoms with van der Waals surface area (Å²) in [6, 6.07) is 7.39. The highest BCUT2D eigenvalue weighted by molar-refractivity contribution is 6.32. The van der Waals surface area contributed by atoms with E-state index >= 15 is 0 Å². The van der Waals surface area contributed by atoms with Gasteiger partial charge in [-0.05, 0) is 38.8 Å². The molecule has 5 heteroatoms. The van der Waals surface area contributed by atoms with Crippen molar-refractivity contribution in [3.8, 4) is 11.8 Å². The molecular formula is C16H18ClNO3. The Labute approximate surface area is 129 Å². The van der Waals surface area contributed by atoms with Crippen LogP contribution in [0.5, 0.6) is 5.75 Å². The third-order valence-corrected chi connectivity index (χ3v) is 3.20. The number of nitriles is 1. The first-order valence-corrected chi connectivity index (χ1v) is 6.97. The maximum atomic E-state index is 10.6. The molecule has 1 N–H and O–H groups in total. The van der Waals surface area contributed by atoms with E-state index in [2.05, 4.69) is 6.07 Å². The summed E-state index contributed by atoms with van der Waals surface area (Å²) in [4.78, 5) is 10.6. The number of carboxylic acid groups (broad SMARTS) is 1. The Kier molecular flexibility index (Phi) is 6.26. The number of rotatable bonds is 7. The predicted molar refractivity (Wildman–Crippen MR) is 82.2 cm³/mol. The van der Waals surface area contributed by atoms with Gasteiger partial charge in [0.2, 0.25) is 0 Å². The fourth-order valence-corrected chi connectivity index (χ4v) is 1.95. The Morgan fingerprint density at radius 3 is 2.86 bits per heavy atom. The van der Waals surface area contributed by atoms with E-state index in [0.717, 1.165) is 6.08 Å². The number of para-hydroxylation sites is 1. The molecule has 0 atom stereocenters. The van der Waals surface area contributed by atoms with Gasteiger partial charge in [0, 0.05) is 11.6 Å². The van der Waals surface area contributed by atoms with Crippen LogP contribution >= 0.6 is 11.6 Å². The number of carboxylic acids is 1. The molecule has 21 heavy (non-hydrogen) atoms. The third-order valence-electron chi connectivity index (χ3n) is 2.90. The highest BCUT2D eigenvalue weighted by Gasteiger charge is 2.16. The molecule has 0 heterocycles. The molecule has 0 bridgehead atoms. The molecule has 112 valence electrons. The van der Waals surface area contributed by atoms with Crippen LogP contribution in [-0.4, -0.2) is 17.7 Å². The molecule has 0 fully saturated rings. The standard InChI is InChI=1S/C16H18ClNO3/c1-16(2,11-18)9-4-10-21-15-12(7-8-14(19)20)5-3-6-13(15)17/h3,5-8H,4,9-10H2,1-2H3,(H,19,20)/b8-7+. The van der Waals surface area contributed by atoms with E-state index in [9.17, 15) is 4.79 Å². The van der Waals surface area contributed by atoms with E-state index in [4.69, 9.17) is 26.7 Å². The number of ether oxygens (including phenoxy) is 1. The first kappa shape index (κ1) is 17.1. The number of benzene rings is 1. The van der Waals surface area contributed by atoms with Crippen LogP contribution in [0.3, 0.4) is 0 Å². The van der Waals surface area contributed by atoms with Crippen molar-refractivity contribution >= 4 is 23.6 Å². The Hall–Kier alpha value is -1.99. The predicted octanol–water partition coefficient (Wildman–Crippen LogP) is 4.15. The van der Waals surface area contributed by atoms with Gasteiger partial charge in [-0.3, -0.25) is 0 Å². The minimum atomic E-state index is -1.03. The zero-order valence-corrected chi connectivity index (χ0v) is 12.9. The molecule has 1 rings (SSSR count). The monoisotopic (exact) mass is 307 g/mol. The van der Waals surface area contributed by atoms with Gasteiger partial charge in [0.15, 0.2) is 0 Å². The lowest BCUT2D eigenvalue weighted by atomic mass is 9.90. The van der Waals surface area contributed by atoms with Crippen molar-refractivity contribution in [2.75, 3.05) is 6.61 Å². The Bertz CT molecular complexity index is 573. The maximum absolute atomic E-state index is 10.6. The van der Waals surface area contributed by atoms with Crippen LogP contribution in [0, 0.1) is 16.7 Å². The van der Waals surface area contributed by atoms with Crippen LogP contribution in [-0.2, 0) is 4.79 Å². The average Bonchev–Trinajstić information content (AvgIpc) is 2.43. The van der Waals surface area contributed by atoms with Crippen LogP contribution < -0.4 is 4.74 Å². The Balaban J connectivity index is 2.70. The second kappa shape index (κ2) is 7.70. The zero-order chi connectivity index (χ0) is 15.9. The van der Waals surface area contributed by atoms with Gasteiger partial charge in [-0.25, -0.2) is 4.79 Å². The molecule has 1 aromatic rings. The molecule has 0 aliphatic rings. The Morgan fingerprint density at radius 1 is 1.52 bits per heavy atom. The van der Waals surface area contributed by atoms with Gasteiger partial charge in [-0.15, -0.1) is 0 Å². The minimum absolute atomic E-state index is 0.379. The summed E-state index contributed by atoms with van der Waals surface area (Å²) in [5, 5.41) is 18.1. The Morgan fingerprint density at radius 2 is 2.24 bits per heavy atom. The highest BCUT2D eigenvalue weighted by Crippen LogP contribution is 2.30. The fraction of sp³-hybridized carbons (Fsp3) is 0.375. The molecule has 4 nitrogen and oxygen atoms in total. The third kappa shape index (κ3) is 5.88. The van der Waals surface area contributed by atoms with E-state index in [-0.39, 0.29) is 5.41 Å². The molecule has 0 aliphatic carbocycles. The van der Waals surface area contributed by atoms with Crippen molar-refractivity contribution in [1.29, 1.82) is 5.26 Å². The lowest BCUT2D eigenvalue weighted by molar-refractivity contribution is -0.131. The van der Waals surface area contributed by atoms with Crippen LogP contribution in [0.4, 0.5) is 0 Å². The molecule has 0 aromatic heterocycles. The van der Waals surface area contributed by atoms with E-state index in [0.29, 0.717) is 35.8 Å². The summed E-state index contributed by atoms with van der Waals surface area (Å²) < 4.78 is 5.65. The molecule has 0 amide bonds. The summed E-state index contributed by atoms with van der Waals surface area (Å²) >= 11 is 6.08. The summed E-state index contributed by atoms with van der Waals surface area (Å²) in [6.45, 7) is 4.18. The largest absolute Gasteiger partial charge is 0.491 e. The molecule has 0 aliphatic heterocycles. The van der Waals surface area contributed by atoms with Crippen molar-refractivity contribution in [2.45, 2.75) is 26.7 Å². The first-order valence-electron chi connectivity index (χ1n) is 6.59. The van der Waals surface area contributed by atoms with Gasteiger partial charge < -0.3 is 9.84 Å².